The Hall–Kier alpha value is -0.900. The summed E-state index contributed by atoms with van der Waals surface area (Å²) >= 11 is 0. The number of hydrogen-bond donors (Lipinski definition) is 1. The largest absolute Gasteiger partial charge is 0.394 e. The molecule has 0 aromatic heterocycles. The molecule has 0 unspecified atom stereocenters. The summed E-state index contributed by atoms with van der Waals surface area (Å²) in [6.07, 6.45) is 5.28. The Kier molecular flexibility index (Phi) is 5.10. The van der Waals surface area contributed by atoms with Crippen LogP contribution in [0.4, 0.5) is 0 Å². The van der Waals surface area contributed by atoms with Gasteiger partial charge in [-0.15, -0.1) is 0 Å². The highest BCUT2D eigenvalue weighted by molar-refractivity contribution is 5.14. The quantitative estimate of drug-likeness (QED) is 0.924. The maximum Gasteiger partial charge on any atom is 0.0610 e. The number of hydrogen-bond acceptors (Lipinski definition) is 3. The van der Waals surface area contributed by atoms with Crippen molar-refractivity contribution in [2.24, 2.45) is 5.41 Å². The smallest absolute Gasteiger partial charge is 0.0610 e. The maximum atomic E-state index is 9.57. The van der Waals surface area contributed by atoms with Gasteiger partial charge in [0.1, 0.15) is 0 Å². The van der Waals surface area contributed by atoms with Crippen LogP contribution in [0.2, 0.25) is 0 Å². The van der Waals surface area contributed by atoms with Gasteiger partial charge in [-0.1, -0.05) is 30.3 Å². The van der Waals surface area contributed by atoms with E-state index in [9.17, 15) is 5.11 Å². The SMILES string of the molecule is CC(C)(CO)N1CCC2(CCN(Cc3ccccc3)CC2)CC1. The molecule has 1 N–H and O–H groups in total. The van der Waals surface area contributed by atoms with Gasteiger partial charge in [-0.05, 0) is 76.7 Å². The zero-order chi connectivity index (χ0) is 16.3. The molecule has 23 heavy (non-hydrogen) atoms. The van der Waals surface area contributed by atoms with Crippen LogP contribution in [-0.4, -0.2) is 53.2 Å². The van der Waals surface area contributed by atoms with E-state index >= 15 is 0 Å². The zero-order valence-corrected chi connectivity index (χ0v) is 14.8. The second-order valence-electron chi connectivity index (χ2n) is 8.22. The number of aliphatic hydroxyl groups is 1. The summed E-state index contributed by atoms with van der Waals surface area (Å²) in [5, 5.41) is 9.57. The molecule has 0 atom stereocenters. The first-order valence-corrected chi connectivity index (χ1v) is 9.15. The van der Waals surface area contributed by atoms with Crippen LogP contribution in [-0.2, 0) is 6.54 Å². The second kappa shape index (κ2) is 6.92. The van der Waals surface area contributed by atoms with Crippen LogP contribution in [0.1, 0.15) is 45.1 Å². The first-order valence-electron chi connectivity index (χ1n) is 9.15. The van der Waals surface area contributed by atoms with E-state index in [-0.39, 0.29) is 12.1 Å². The minimum Gasteiger partial charge on any atom is -0.394 e. The van der Waals surface area contributed by atoms with Crippen LogP contribution in [0.15, 0.2) is 30.3 Å². The van der Waals surface area contributed by atoms with Crippen molar-refractivity contribution in [3.63, 3.8) is 0 Å². The fraction of sp³-hybridized carbons (Fsp3) is 0.700. The maximum absolute atomic E-state index is 9.57. The lowest BCUT2D eigenvalue weighted by Gasteiger charge is -2.50. The molecular weight excluding hydrogens is 284 g/mol. The van der Waals surface area contributed by atoms with Crippen molar-refractivity contribution in [2.45, 2.75) is 51.6 Å². The first kappa shape index (κ1) is 16.9. The summed E-state index contributed by atoms with van der Waals surface area (Å²) in [7, 11) is 0. The number of benzene rings is 1. The summed E-state index contributed by atoms with van der Waals surface area (Å²) in [4.78, 5) is 5.10. The Labute approximate surface area is 141 Å². The molecule has 128 valence electrons. The minimum absolute atomic E-state index is 0.0599. The fourth-order valence-corrected chi connectivity index (χ4v) is 4.21. The average molecular weight is 316 g/mol. The van der Waals surface area contributed by atoms with Gasteiger partial charge in [-0.25, -0.2) is 0 Å². The summed E-state index contributed by atoms with van der Waals surface area (Å²) in [5.41, 5.74) is 1.94. The third-order valence-corrected chi connectivity index (χ3v) is 6.23. The molecule has 1 spiro atoms. The lowest BCUT2D eigenvalue weighted by molar-refractivity contribution is -0.0206. The molecule has 2 heterocycles. The number of piperidine rings is 2. The highest BCUT2D eigenvalue weighted by Crippen LogP contribution is 2.42. The van der Waals surface area contributed by atoms with Crippen LogP contribution in [0.25, 0.3) is 0 Å². The number of aliphatic hydroxyl groups excluding tert-OH is 1. The van der Waals surface area contributed by atoms with Gasteiger partial charge in [0.05, 0.1) is 6.61 Å². The molecule has 3 nitrogen and oxygen atoms in total. The molecule has 2 aliphatic heterocycles. The van der Waals surface area contributed by atoms with Gasteiger partial charge in [0.25, 0.3) is 0 Å². The van der Waals surface area contributed by atoms with E-state index in [0.29, 0.717) is 5.41 Å². The lowest BCUT2D eigenvalue weighted by atomic mass is 9.70. The van der Waals surface area contributed by atoms with E-state index in [1.807, 2.05) is 0 Å². The van der Waals surface area contributed by atoms with Crippen LogP contribution in [0.5, 0.6) is 0 Å². The van der Waals surface area contributed by atoms with Crippen LogP contribution < -0.4 is 0 Å². The molecule has 1 aromatic carbocycles. The van der Waals surface area contributed by atoms with E-state index in [2.05, 4.69) is 54.0 Å². The fourth-order valence-electron chi connectivity index (χ4n) is 4.21. The van der Waals surface area contributed by atoms with Crippen LogP contribution in [0.3, 0.4) is 0 Å². The molecule has 2 saturated heterocycles. The Morgan fingerprint density at radius 2 is 1.52 bits per heavy atom. The summed E-state index contributed by atoms with van der Waals surface area (Å²) < 4.78 is 0. The molecule has 0 amide bonds. The standard InChI is InChI=1S/C20H32N2O/c1-19(2,17-23)22-14-10-20(11-15-22)8-12-21(13-9-20)16-18-6-4-3-5-7-18/h3-7,23H,8-17H2,1-2H3. The Morgan fingerprint density at radius 3 is 2.09 bits per heavy atom. The van der Waals surface area contributed by atoms with Gasteiger partial charge in [-0.3, -0.25) is 9.80 Å². The Morgan fingerprint density at radius 1 is 0.957 bits per heavy atom. The molecule has 2 aliphatic rings. The zero-order valence-electron chi connectivity index (χ0n) is 14.8. The molecule has 3 heteroatoms. The van der Waals surface area contributed by atoms with Crippen molar-refractivity contribution in [1.29, 1.82) is 0 Å². The molecule has 0 saturated carbocycles. The molecule has 0 aliphatic carbocycles. The summed E-state index contributed by atoms with van der Waals surface area (Å²) in [6, 6.07) is 10.8. The molecule has 1 aromatic rings. The van der Waals surface area contributed by atoms with E-state index < -0.39 is 0 Å². The Balaban J connectivity index is 1.50. The normalized spacial score (nSPS) is 23.3. The van der Waals surface area contributed by atoms with Crippen molar-refractivity contribution in [1.82, 2.24) is 9.80 Å². The topological polar surface area (TPSA) is 26.7 Å². The third kappa shape index (κ3) is 3.96. The van der Waals surface area contributed by atoms with Crippen molar-refractivity contribution in [3.05, 3.63) is 35.9 Å². The predicted octanol–water partition coefficient (Wildman–Crippen LogP) is 3.14. The molecule has 3 rings (SSSR count). The van der Waals surface area contributed by atoms with Crippen molar-refractivity contribution in [2.75, 3.05) is 32.8 Å². The van der Waals surface area contributed by atoms with Gasteiger partial charge in [0.15, 0.2) is 0 Å². The predicted molar refractivity (Wildman–Crippen MR) is 95.4 cm³/mol. The number of likely N-dealkylation sites (tertiary alicyclic amines) is 2. The summed E-state index contributed by atoms with van der Waals surface area (Å²) in [6.45, 7) is 10.4. The number of rotatable bonds is 4. The first-order chi connectivity index (χ1) is 11.0. The highest BCUT2D eigenvalue weighted by atomic mass is 16.3. The van der Waals surface area contributed by atoms with Crippen molar-refractivity contribution >= 4 is 0 Å². The average Bonchev–Trinajstić information content (AvgIpc) is 2.59. The van der Waals surface area contributed by atoms with Crippen molar-refractivity contribution < 1.29 is 5.11 Å². The third-order valence-electron chi connectivity index (χ3n) is 6.23. The van der Waals surface area contributed by atoms with E-state index in [1.54, 1.807) is 0 Å². The van der Waals surface area contributed by atoms with Gasteiger partial charge < -0.3 is 5.11 Å². The van der Waals surface area contributed by atoms with Crippen molar-refractivity contribution in [3.8, 4) is 0 Å². The van der Waals surface area contributed by atoms with Gasteiger partial charge in [0, 0.05) is 12.1 Å². The van der Waals surface area contributed by atoms with E-state index in [4.69, 9.17) is 0 Å². The van der Waals surface area contributed by atoms with E-state index in [1.165, 1.54) is 44.3 Å². The van der Waals surface area contributed by atoms with E-state index in [0.717, 1.165) is 19.6 Å². The monoisotopic (exact) mass is 316 g/mol. The van der Waals surface area contributed by atoms with Gasteiger partial charge in [0.2, 0.25) is 0 Å². The van der Waals surface area contributed by atoms with Crippen LogP contribution in [0, 0.1) is 5.41 Å². The molecule has 2 fully saturated rings. The lowest BCUT2D eigenvalue weighted by Crippen LogP contribution is -2.54. The minimum atomic E-state index is -0.0599. The van der Waals surface area contributed by atoms with Crippen LogP contribution >= 0.6 is 0 Å². The second-order valence-corrected chi connectivity index (χ2v) is 8.22. The Bertz CT molecular complexity index is 482. The number of nitrogens with zero attached hydrogens (tertiary/aromatic N) is 2. The highest BCUT2D eigenvalue weighted by Gasteiger charge is 2.40. The van der Waals surface area contributed by atoms with Gasteiger partial charge >= 0.3 is 0 Å². The molecule has 0 radical (unpaired) electrons. The molecular formula is C20H32N2O. The van der Waals surface area contributed by atoms with Gasteiger partial charge in [-0.2, -0.15) is 0 Å². The molecule has 0 bridgehead atoms. The summed E-state index contributed by atoms with van der Waals surface area (Å²) in [5.74, 6) is 0.